The van der Waals surface area contributed by atoms with E-state index in [9.17, 15) is 9.90 Å². The molecule has 0 aromatic heterocycles. The van der Waals surface area contributed by atoms with Crippen LogP contribution >= 0.6 is 23.2 Å². The number of aliphatic hydroxyl groups excluding tert-OH is 1. The molecule has 0 saturated heterocycles. The molecule has 0 aliphatic carbocycles. The van der Waals surface area contributed by atoms with Gasteiger partial charge in [-0.1, -0.05) is 29.3 Å². The predicted molar refractivity (Wildman–Crippen MR) is 95.0 cm³/mol. The van der Waals surface area contributed by atoms with Crippen molar-refractivity contribution >= 4 is 29.2 Å². The minimum atomic E-state index is -1.10. The third-order valence-corrected chi connectivity index (χ3v) is 4.24. The number of hydrogen-bond donors (Lipinski definition) is 1. The average molecular weight is 399 g/mol. The highest BCUT2D eigenvalue weighted by atomic mass is 35.5. The maximum Gasteiger partial charge on any atom is 0.352 e. The normalized spacial score (nSPS) is 13.4. The fourth-order valence-corrected chi connectivity index (χ4v) is 3.10. The van der Waals surface area contributed by atoms with Crippen molar-refractivity contribution in [1.29, 1.82) is 0 Å². The van der Waals surface area contributed by atoms with E-state index in [4.69, 9.17) is 42.1 Å². The molecule has 0 radical (unpaired) electrons. The summed E-state index contributed by atoms with van der Waals surface area (Å²) >= 11 is 12.4. The Morgan fingerprint density at radius 3 is 2.54 bits per heavy atom. The lowest BCUT2D eigenvalue weighted by atomic mass is 10.1. The maximum absolute atomic E-state index is 12.4. The third kappa shape index (κ3) is 3.82. The highest BCUT2D eigenvalue weighted by Crippen LogP contribution is 2.40. The number of aliphatic hydroxyl groups is 1. The van der Waals surface area contributed by atoms with Crippen molar-refractivity contribution in [2.24, 2.45) is 0 Å². The summed E-state index contributed by atoms with van der Waals surface area (Å²) in [6, 6.07) is 8.05. The Morgan fingerprint density at radius 2 is 1.88 bits per heavy atom. The highest BCUT2D eigenvalue weighted by Gasteiger charge is 2.28. The molecular weight excluding hydrogens is 383 g/mol. The predicted octanol–water partition coefficient (Wildman–Crippen LogP) is 3.90. The van der Waals surface area contributed by atoms with Crippen molar-refractivity contribution in [1.82, 2.24) is 0 Å². The summed E-state index contributed by atoms with van der Waals surface area (Å²) in [5.74, 6) is 0.624. The molecular formula is C18H16Cl2O6. The smallest absolute Gasteiger partial charge is 0.352 e. The summed E-state index contributed by atoms with van der Waals surface area (Å²) in [5.41, 5.74) is 1.04. The van der Waals surface area contributed by atoms with E-state index in [2.05, 4.69) is 0 Å². The number of halogens is 2. The molecule has 138 valence electrons. The van der Waals surface area contributed by atoms with Gasteiger partial charge in [0.05, 0.1) is 23.3 Å². The number of fused-ring (bicyclic) bond motifs is 1. The Morgan fingerprint density at radius 1 is 1.19 bits per heavy atom. The fraction of sp³-hybridized carbons (Fsp3) is 0.278. The Hall–Kier alpha value is -2.15. The van der Waals surface area contributed by atoms with Gasteiger partial charge in [-0.2, -0.15) is 0 Å². The molecule has 1 unspecified atom stereocenters. The van der Waals surface area contributed by atoms with Crippen LogP contribution in [0.25, 0.3) is 0 Å². The SMILES string of the molecule is CCOC(=O)C(Oc1c(Cl)cc(CO)cc1Cl)c1ccc2c(c1)OCO2. The summed E-state index contributed by atoms with van der Waals surface area (Å²) in [5, 5.41) is 9.58. The van der Waals surface area contributed by atoms with Crippen LogP contribution in [0.2, 0.25) is 10.0 Å². The van der Waals surface area contributed by atoms with E-state index in [0.717, 1.165) is 0 Å². The zero-order valence-electron chi connectivity index (χ0n) is 13.8. The minimum absolute atomic E-state index is 0.115. The second kappa shape index (κ2) is 8.03. The highest BCUT2D eigenvalue weighted by molar-refractivity contribution is 6.37. The Kier molecular flexibility index (Phi) is 5.76. The summed E-state index contributed by atoms with van der Waals surface area (Å²) in [6.45, 7) is 1.78. The first-order valence-corrected chi connectivity index (χ1v) is 8.60. The lowest BCUT2D eigenvalue weighted by Crippen LogP contribution is -2.21. The number of carbonyl (C=O) groups excluding carboxylic acids is 1. The molecule has 3 rings (SSSR count). The van der Waals surface area contributed by atoms with E-state index < -0.39 is 12.1 Å². The van der Waals surface area contributed by atoms with Gasteiger partial charge in [-0.15, -0.1) is 0 Å². The summed E-state index contributed by atoms with van der Waals surface area (Å²) < 4.78 is 21.6. The molecule has 1 aliphatic rings. The van der Waals surface area contributed by atoms with Crippen molar-refractivity contribution in [2.75, 3.05) is 13.4 Å². The first-order valence-electron chi connectivity index (χ1n) is 7.85. The van der Waals surface area contributed by atoms with Crippen LogP contribution in [-0.4, -0.2) is 24.5 Å². The molecule has 0 fully saturated rings. The maximum atomic E-state index is 12.4. The van der Waals surface area contributed by atoms with Crippen LogP contribution in [0.3, 0.4) is 0 Å². The molecule has 2 aromatic rings. The molecule has 6 nitrogen and oxygen atoms in total. The second-order valence-corrected chi connectivity index (χ2v) is 6.22. The van der Waals surface area contributed by atoms with Crippen LogP contribution in [0.5, 0.6) is 17.2 Å². The van der Waals surface area contributed by atoms with Crippen molar-refractivity contribution < 1.29 is 28.8 Å². The van der Waals surface area contributed by atoms with Crippen molar-refractivity contribution in [3.8, 4) is 17.2 Å². The topological polar surface area (TPSA) is 74.2 Å². The van der Waals surface area contributed by atoms with E-state index in [1.54, 1.807) is 25.1 Å². The Bertz CT molecular complexity index is 800. The van der Waals surface area contributed by atoms with Crippen LogP contribution in [0.4, 0.5) is 0 Å². The largest absolute Gasteiger partial charge is 0.471 e. The van der Waals surface area contributed by atoms with Gasteiger partial charge in [0.2, 0.25) is 12.9 Å². The van der Waals surface area contributed by atoms with E-state index >= 15 is 0 Å². The minimum Gasteiger partial charge on any atom is -0.471 e. The van der Waals surface area contributed by atoms with Gasteiger partial charge in [0.15, 0.2) is 17.2 Å². The summed E-state index contributed by atoms with van der Waals surface area (Å²) in [6.07, 6.45) is -1.10. The van der Waals surface area contributed by atoms with E-state index in [1.807, 2.05) is 0 Å². The zero-order valence-corrected chi connectivity index (χ0v) is 15.3. The molecule has 8 heteroatoms. The first kappa shape index (κ1) is 18.6. The van der Waals surface area contributed by atoms with Crippen LogP contribution in [0, 0.1) is 0 Å². The van der Waals surface area contributed by atoms with Crippen LogP contribution in [0.1, 0.15) is 24.2 Å². The van der Waals surface area contributed by atoms with Crippen LogP contribution in [0.15, 0.2) is 30.3 Å². The number of ether oxygens (including phenoxy) is 4. The molecule has 1 N–H and O–H groups in total. The Balaban J connectivity index is 1.96. The van der Waals surface area contributed by atoms with Gasteiger partial charge in [-0.3, -0.25) is 0 Å². The fourth-order valence-electron chi connectivity index (χ4n) is 2.48. The van der Waals surface area contributed by atoms with Gasteiger partial charge >= 0.3 is 5.97 Å². The monoisotopic (exact) mass is 398 g/mol. The molecule has 1 heterocycles. The van der Waals surface area contributed by atoms with Gasteiger partial charge in [-0.25, -0.2) is 4.79 Å². The average Bonchev–Trinajstić information content (AvgIpc) is 3.08. The van der Waals surface area contributed by atoms with E-state index in [0.29, 0.717) is 22.6 Å². The lowest BCUT2D eigenvalue weighted by Gasteiger charge is -2.20. The summed E-state index contributed by atoms with van der Waals surface area (Å²) in [4.78, 5) is 12.4. The molecule has 2 aromatic carbocycles. The summed E-state index contributed by atoms with van der Waals surface area (Å²) in [7, 11) is 0. The van der Waals surface area contributed by atoms with Crippen LogP contribution < -0.4 is 14.2 Å². The molecule has 0 saturated carbocycles. The number of esters is 1. The molecule has 1 atom stereocenters. The number of benzene rings is 2. The van der Waals surface area contributed by atoms with Crippen LogP contribution in [-0.2, 0) is 16.1 Å². The van der Waals surface area contributed by atoms with Gasteiger partial charge in [-0.05, 0) is 36.8 Å². The van der Waals surface area contributed by atoms with E-state index in [1.165, 1.54) is 12.1 Å². The van der Waals surface area contributed by atoms with Gasteiger partial charge in [0.25, 0.3) is 0 Å². The van der Waals surface area contributed by atoms with E-state index in [-0.39, 0.29) is 35.8 Å². The van der Waals surface area contributed by atoms with Gasteiger partial charge < -0.3 is 24.1 Å². The Labute approximate surface area is 160 Å². The molecule has 0 bridgehead atoms. The lowest BCUT2D eigenvalue weighted by molar-refractivity contribution is -0.151. The third-order valence-electron chi connectivity index (χ3n) is 3.68. The quantitative estimate of drug-likeness (QED) is 0.743. The molecule has 0 spiro atoms. The first-order chi connectivity index (χ1) is 12.5. The number of rotatable bonds is 6. The number of hydrogen-bond acceptors (Lipinski definition) is 6. The van der Waals surface area contributed by atoms with Crippen molar-refractivity contribution in [2.45, 2.75) is 19.6 Å². The van der Waals surface area contributed by atoms with Gasteiger partial charge in [0, 0.05) is 5.56 Å². The number of carbonyl (C=O) groups is 1. The van der Waals surface area contributed by atoms with Gasteiger partial charge in [0.1, 0.15) is 0 Å². The van der Waals surface area contributed by atoms with Crippen molar-refractivity contribution in [3.05, 3.63) is 51.5 Å². The zero-order chi connectivity index (χ0) is 18.7. The van der Waals surface area contributed by atoms with Crippen molar-refractivity contribution in [3.63, 3.8) is 0 Å². The molecule has 1 aliphatic heterocycles. The molecule has 26 heavy (non-hydrogen) atoms. The second-order valence-electron chi connectivity index (χ2n) is 5.41. The molecule has 0 amide bonds. The standard InChI is InChI=1S/C18H16Cl2O6/c1-2-23-18(22)16(11-3-4-14-15(7-11)25-9-24-14)26-17-12(19)5-10(8-21)6-13(17)20/h3-7,16,21H,2,8-9H2,1H3.